The predicted molar refractivity (Wildman–Crippen MR) is 60.7 cm³/mol. The van der Waals surface area contributed by atoms with E-state index in [2.05, 4.69) is 20.4 Å². The highest BCUT2D eigenvalue weighted by atomic mass is 16.3. The third kappa shape index (κ3) is 2.16. The Morgan fingerprint density at radius 2 is 2.07 bits per heavy atom. The number of allylic oxidation sites excluding steroid dienone is 1. The van der Waals surface area contributed by atoms with E-state index in [0.29, 0.717) is 5.75 Å². The molecule has 1 nitrogen and oxygen atoms in total. The average molecular weight is 190 g/mol. The van der Waals surface area contributed by atoms with Crippen molar-refractivity contribution in [1.29, 1.82) is 0 Å². The molecule has 0 amide bonds. The van der Waals surface area contributed by atoms with Crippen molar-refractivity contribution in [3.05, 3.63) is 42.0 Å². The van der Waals surface area contributed by atoms with Crippen molar-refractivity contribution in [3.63, 3.8) is 0 Å². The minimum atomic E-state index is -0.0438. The Labute approximate surface area is 86.1 Å². The molecule has 0 aromatic heterocycles. The number of phenolic OH excluding ortho intramolecular Hbond substituents is 1. The molecular weight excluding hydrogens is 172 g/mol. The Balaban J connectivity index is 3.16. The van der Waals surface area contributed by atoms with Crippen LogP contribution in [0.2, 0.25) is 0 Å². The van der Waals surface area contributed by atoms with Gasteiger partial charge >= 0.3 is 0 Å². The first-order valence-electron chi connectivity index (χ1n) is 4.88. The molecule has 76 valence electrons. The standard InChI is InChI=1S/C13H18O/c1-5-8-13(3,4)11-9-10(2)6-7-12(11)14/h5-7,9,14H,1,8H2,2-4H3. The van der Waals surface area contributed by atoms with Gasteiger partial charge in [-0.25, -0.2) is 0 Å². The molecule has 0 aliphatic carbocycles. The Hall–Kier alpha value is -1.24. The van der Waals surface area contributed by atoms with Crippen molar-refractivity contribution in [2.24, 2.45) is 0 Å². The first kappa shape index (κ1) is 10.8. The predicted octanol–water partition coefficient (Wildman–Crippen LogP) is 3.55. The van der Waals surface area contributed by atoms with Crippen LogP contribution in [0.4, 0.5) is 0 Å². The van der Waals surface area contributed by atoms with E-state index < -0.39 is 0 Å². The molecule has 1 N–H and O–H groups in total. The van der Waals surface area contributed by atoms with Gasteiger partial charge in [0.2, 0.25) is 0 Å². The van der Waals surface area contributed by atoms with Crippen molar-refractivity contribution >= 4 is 0 Å². The van der Waals surface area contributed by atoms with E-state index in [1.54, 1.807) is 6.07 Å². The molecule has 1 aromatic carbocycles. The van der Waals surface area contributed by atoms with Crippen molar-refractivity contribution in [2.45, 2.75) is 32.6 Å². The van der Waals surface area contributed by atoms with E-state index in [-0.39, 0.29) is 5.41 Å². The molecule has 0 spiro atoms. The highest BCUT2D eigenvalue weighted by Gasteiger charge is 2.22. The Bertz CT molecular complexity index is 337. The van der Waals surface area contributed by atoms with Gasteiger partial charge in [-0.3, -0.25) is 0 Å². The van der Waals surface area contributed by atoms with Gasteiger partial charge in [-0.15, -0.1) is 6.58 Å². The Kier molecular flexibility index (Phi) is 3.00. The van der Waals surface area contributed by atoms with Crippen LogP contribution < -0.4 is 0 Å². The first-order valence-corrected chi connectivity index (χ1v) is 4.88. The summed E-state index contributed by atoms with van der Waals surface area (Å²) >= 11 is 0. The van der Waals surface area contributed by atoms with Gasteiger partial charge < -0.3 is 5.11 Å². The summed E-state index contributed by atoms with van der Waals surface area (Å²) in [5.41, 5.74) is 2.13. The molecule has 0 bridgehead atoms. The van der Waals surface area contributed by atoms with Crippen LogP contribution in [0.1, 0.15) is 31.4 Å². The minimum Gasteiger partial charge on any atom is -0.508 e. The zero-order valence-electron chi connectivity index (χ0n) is 9.17. The van der Waals surface area contributed by atoms with Gasteiger partial charge in [-0.05, 0) is 24.8 Å². The number of aryl methyl sites for hydroxylation is 1. The summed E-state index contributed by atoms with van der Waals surface area (Å²) in [5, 5.41) is 9.76. The number of hydrogen-bond donors (Lipinski definition) is 1. The molecule has 0 saturated heterocycles. The quantitative estimate of drug-likeness (QED) is 0.723. The van der Waals surface area contributed by atoms with E-state index in [0.717, 1.165) is 12.0 Å². The fourth-order valence-corrected chi connectivity index (χ4v) is 1.66. The van der Waals surface area contributed by atoms with Crippen molar-refractivity contribution in [1.82, 2.24) is 0 Å². The third-order valence-electron chi connectivity index (χ3n) is 2.54. The summed E-state index contributed by atoms with van der Waals surface area (Å²) < 4.78 is 0. The lowest BCUT2D eigenvalue weighted by atomic mass is 9.80. The van der Waals surface area contributed by atoms with Gasteiger partial charge in [-0.2, -0.15) is 0 Å². The topological polar surface area (TPSA) is 20.2 Å². The third-order valence-corrected chi connectivity index (χ3v) is 2.54. The second kappa shape index (κ2) is 3.87. The molecule has 0 atom stereocenters. The molecule has 0 radical (unpaired) electrons. The van der Waals surface area contributed by atoms with Gasteiger partial charge in [0.05, 0.1) is 0 Å². The largest absolute Gasteiger partial charge is 0.508 e. The molecule has 0 saturated carbocycles. The zero-order chi connectivity index (χ0) is 10.8. The number of benzene rings is 1. The molecule has 14 heavy (non-hydrogen) atoms. The maximum absolute atomic E-state index is 9.76. The fraction of sp³-hybridized carbons (Fsp3) is 0.385. The highest BCUT2D eigenvalue weighted by Crippen LogP contribution is 2.34. The molecule has 0 aliphatic rings. The number of hydrogen-bond acceptors (Lipinski definition) is 1. The maximum atomic E-state index is 9.76. The molecule has 0 fully saturated rings. The van der Waals surface area contributed by atoms with Crippen LogP contribution in [0.25, 0.3) is 0 Å². The fourth-order valence-electron chi connectivity index (χ4n) is 1.66. The molecule has 1 heteroatoms. The van der Waals surface area contributed by atoms with Gasteiger partial charge in [0.25, 0.3) is 0 Å². The zero-order valence-corrected chi connectivity index (χ0v) is 9.17. The first-order chi connectivity index (χ1) is 6.47. The minimum absolute atomic E-state index is 0.0438. The van der Waals surface area contributed by atoms with E-state index in [9.17, 15) is 5.11 Å². The summed E-state index contributed by atoms with van der Waals surface area (Å²) in [6, 6.07) is 5.72. The summed E-state index contributed by atoms with van der Waals surface area (Å²) in [6.45, 7) is 10.0. The lowest BCUT2D eigenvalue weighted by Gasteiger charge is -2.24. The molecular formula is C13H18O. The Morgan fingerprint density at radius 1 is 1.43 bits per heavy atom. The van der Waals surface area contributed by atoms with Crippen LogP contribution in [0.5, 0.6) is 5.75 Å². The molecule has 1 aromatic rings. The molecule has 1 rings (SSSR count). The van der Waals surface area contributed by atoms with Crippen molar-refractivity contribution < 1.29 is 5.11 Å². The molecule has 0 aliphatic heterocycles. The van der Waals surface area contributed by atoms with Crippen LogP contribution in [0, 0.1) is 6.92 Å². The van der Waals surface area contributed by atoms with E-state index >= 15 is 0 Å². The maximum Gasteiger partial charge on any atom is 0.119 e. The van der Waals surface area contributed by atoms with E-state index in [1.165, 1.54) is 5.56 Å². The summed E-state index contributed by atoms with van der Waals surface area (Å²) in [5.74, 6) is 0.377. The number of phenols is 1. The SMILES string of the molecule is C=CCC(C)(C)c1cc(C)ccc1O. The lowest BCUT2D eigenvalue weighted by molar-refractivity contribution is 0.436. The average Bonchev–Trinajstić information content (AvgIpc) is 2.09. The van der Waals surface area contributed by atoms with Gasteiger partial charge in [-0.1, -0.05) is 37.6 Å². The molecule has 0 heterocycles. The molecule has 0 unspecified atom stereocenters. The van der Waals surface area contributed by atoms with Crippen LogP contribution in [-0.4, -0.2) is 5.11 Å². The van der Waals surface area contributed by atoms with Gasteiger partial charge in [0, 0.05) is 5.56 Å². The second-order valence-corrected chi connectivity index (χ2v) is 4.40. The summed E-state index contributed by atoms with van der Waals surface area (Å²) in [4.78, 5) is 0. The number of aromatic hydroxyl groups is 1. The second-order valence-electron chi connectivity index (χ2n) is 4.40. The highest BCUT2D eigenvalue weighted by molar-refractivity contribution is 5.40. The van der Waals surface area contributed by atoms with Crippen LogP contribution in [-0.2, 0) is 5.41 Å². The van der Waals surface area contributed by atoms with Crippen LogP contribution >= 0.6 is 0 Å². The van der Waals surface area contributed by atoms with E-state index in [1.807, 2.05) is 25.1 Å². The summed E-state index contributed by atoms with van der Waals surface area (Å²) in [7, 11) is 0. The van der Waals surface area contributed by atoms with Gasteiger partial charge in [0.15, 0.2) is 0 Å². The Morgan fingerprint density at radius 3 is 2.64 bits per heavy atom. The monoisotopic (exact) mass is 190 g/mol. The lowest BCUT2D eigenvalue weighted by Crippen LogP contribution is -2.16. The van der Waals surface area contributed by atoms with Gasteiger partial charge in [0.1, 0.15) is 5.75 Å². The number of rotatable bonds is 3. The van der Waals surface area contributed by atoms with Crippen molar-refractivity contribution in [3.8, 4) is 5.75 Å². The van der Waals surface area contributed by atoms with Crippen LogP contribution in [0.3, 0.4) is 0 Å². The van der Waals surface area contributed by atoms with Crippen LogP contribution in [0.15, 0.2) is 30.9 Å². The normalized spacial score (nSPS) is 11.4. The van der Waals surface area contributed by atoms with E-state index in [4.69, 9.17) is 0 Å². The summed E-state index contributed by atoms with van der Waals surface area (Å²) in [6.07, 6.45) is 2.76. The smallest absolute Gasteiger partial charge is 0.119 e. The van der Waals surface area contributed by atoms with Crippen molar-refractivity contribution in [2.75, 3.05) is 0 Å².